The van der Waals surface area contributed by atoms with Gasteiger partial charge in [-0.15, -0.1) is 0 Å². The topological polar surface area (TPSA) is 99.7 Å². The normalized spacial score (nSPS) is 14.5. The number of carbonyl (C=O) groups excluding carboxylic acids is 1. The zero-order chi connectivity index (χ0) is 26.2. The number of amides is 1. The van der Waals surface area contributed by atoms with Gasteiger partial charge in [0.05, 0.1) is 5.56 Å². The molecule has 192 valence electrons. The number of anilines is 1. The fraction of sp³-hybridized carbons (Fsp3) is 0.379. The third-order valence-electron chi connectivity index (χ3n) is 6.81. The number of hydrogen-bond donors (Lipinski definition) is 1. The number of aryl methyl sites for hydroxylation is 1. The van der Waals surface area contributed by atoms with Gasteiger partial charge in [-0.05, 0) is 61.8 Å². The summed E-state index contributed by atoms with van der Waals surface area (Å²) in [4.78, 5) is 33.3. The Kier molecular flexibility index (Phi) is 8.70. The second-order valence-electron chi connectivity index (χ2n) is 9.43. The molecule has 37 heavy (non-hydrogen) atoms. The van der Waals surface area contributed by atoms with Gasteiger partial charge in [0, 0.05) is 39.5 Å². The average molecular weight is 500 g/mol. The van der Waals surface area contributed by atoms with Crippen LogP contribution in [0.3, 0.4) is 0 Å². The van der Waals surface area contributed by atoms with Gasteiger partial charge < -0.3 is 15.0 Å². The summed E-state index contributed by atoms with van der Waals surface area (Å²) < 4.78 is 6.49. The first-order valence-electron chi connectivity index (χ1n) is 12.7. The third-order valence-corrected chi connectivity index (χ3v) is 6.81. The number of piperidine rings is 1. The van der Waals surface area contributed by atoms with Crippen LogP contribution in [-0.4, -0.2) is 48.6 Å². The van der Waals surface area contributed by atoms with Crippen LogP contribution < -0.4 is 15.8 Å². The van der Waals surface area contributed by atoms with Crippen molar-refractivity contribution in [2.24, 2.45) is 5.92 Å². The fourth-order valence-corrected chi connectivity index (χ4v) is 4.77. The van der Waals surface area contributed by atoms with Gasteiger partial charge in [0.25, 0.3) is 11.5 Å². The van der Waals surface area contributed by atoms with Crippen LogP contribution in [0.15, 0.2) is 59.0 Å². The predicted octanol–water partition coefficient (Wildman–Crippen LogP) is 3.52. The van der Waals surface area contributed by atoms with E-state index < -0.39 is 5.91 Å². The lowest BCUT2D eigenvalue weighted by Gasteiger charge is -2.33. The van der Waals surface area contributed by atoms with Gasteiger partial charge in [0.1, 0.15) is 23.1 Å². The summed E-state index contributed by atoms with van der Waals surface area (Å²) in [7, 11) is 1.59. The number of ether oxygens (including phenoxy) is 1. The van der Waals surface area contributed by atoms with Crippen LogP contribution in [-0.2, 0) is 16.0 Å². The summed E-state index contributed by atoms with van der Waals surface area (Å²) >= 11 is 0. The van der Waals surface area contributed by atoms with E-state index in [4.69, 9.17) is 9.72 Å². The van der Waals surface area contributed by atoms with Gasteiger partial charge in [0.15, 0.2) is 0 Å². The van der Waals surface area contributed by atoms with E-state index in [0.29, 0.717) is 37.0 Å². The molecule has 3 aromatic rings. The molecule has 2 aromatic heterocycles. The largest absolute Gasteiger partial charge is 0.385 e. The van der Waals surface area contributed by atoms with E-state index >= 15 is 0 Å². The number of methoxy groups -OCH3 is 1. The van der Waals surface area contributed by atoms with Crippen molar-refractivity contribution in [3.63, 3.8) is 0 Å². The number of fused-ring (bicyclic) bond motifs is 1. The Morgan fingerprint density at radius 2 is 1.97 bits per heavy atom. The van der Waals surface area contributed by atoms with Crippen molar-refractivity contribution >= 4 is 23.4 Å². The first-order valence-corrected chi connectivity index (χ1v) is 12.7. The molecule has 1 amide bonds. The molecule has 0 aliphatic carbocycles. The molecule has 0 bridgehead atoms. The maximum atomic E-state index is 13.6. The number of nitriles is 1. The fourth-order valence-electron chi connectivity index (χ4n) is 4.77. The summed E-state index contributed by atoms with van der Waals surface area (Å²) in [6, 6.07) is 16.2. The predicted molar refractivity (Wildman–Crippen MR) is 144 cm³/mol. The molecule has 8 heteroatoms. The average Bonchev–Trinajstić information content (AvgIpc) is 2.92. The molecular formula is C29H33N5O3. The Morgan fingerprint density at radius 3 is 2.68 bits per heavy atom. The highest BCUT2D eigenvalue weighted by atomic mass is 16.5. The minimum absolute atomic E-state index is 0.121. The summed E-state index contributed by atoms with van der Waals surface area (Å²) in [5.41, 5.74) is 2.63. The molecule has 1 aliphatic heterocycles. The smallest absolute Gasteiger partial charge is 0.267 e. The number of hydrogen-bond acceptors (Lipinski definition) is 6. The van der Waals surface area contributed by atoms with Crippen molar-refractivity contribution in [3.05, 3.63) is 81.3 Å². The van der Waals surface area contributed by atoms with Crippen LogP contribution in [0.5, 0.6) is 0 Å². The van der Waals surface area contributed by atoms with Crippen LogP contribution >= 0.6 is 0 Å². The van der Waals surface area contributed by atoms with E-state index in [9.17, 15) is 14.9 Å². The summed E-state index contributed by atoms with van der Waals surface area (Å²) in [6.45, 7) is 4.30. The molecular weight excluding hydrogens is 466 g/mol. The van der Waals surface area contributed by atoms with E-state index in [-0.39, 0.29) is 16.7 Å². The van der Waals surface area contributed by atoms with Crippen molar-refractivity contribution in [2.75, 3.05) is 38.3 Å². The van der Waals surface area contributed by atoms with Crippen molar-refractivity contribution in [1.29, 1.82) is 5.26 Å². The number of pyridine rings is 1. The number of carbonyl (C=O) groups is 1. The van der Waals surface area contributed by atoms with Gasteiger partial charge in [0.2, 0.25) is 0 Å². The highest BCUT2D eigenvalue weighted by molar-refractivity contribution is 6.02. The molecule has 0 radical (unpaired) electrons. The minimum Gasteiger partial charge on any atom is -0.385 e. The Labute approximate surface area is 217 Å². The lowest BCUT2D eigenvalue weighted by molar-refractivity contribution is -0.117. The number of rotatable bonds is 9. The number of aromatic nitrogens is 2. The Morgan fingerprint density at radius 1 is 1.22 bits per heavy atom. The second-order valence-corrected chi connectivity index (χ2v) is 9.43. The molecule has 1 N–H and O–H groups in total. The van der Waals surface area contributed by atoms with Crippen molar-refractivity contribution in [1.82, 2.24) is 14.7 Å². The number of benzene rings is 1. The van der Waals surface area contributed by atoms with E-state index in [0.717, 1.165) is 37.9 Å². The zero-order valence-corrected chi connectivity index (χ0v) is 21.4. The van der Waals surface area contributed by atoms with E-state index in [2.05, 4.69) is 34.5 Å². The first-order chi connectivity index (χ1) is 18.0. The highest BCUT2D eigenvalue weighted by Gasteiger charge is 2.25. The maximum Gasteiger partial charge on any atom is 0.267 e. The standard InChI is InChI=1S/C29H33N5O3/c1-21-8-6-14-34-26(21)32-27(33-15-11-23(12-16-33)18-22-9-4-3-5-10-22)25(29(34)36)19-24(20-30)28(35)31-13-7-17-37-2/h3-6,8-10,14,19,23H,7,11-13,15-18H2,1-2H3,(H,31,35)/b24-19+. The quantitative estimate of drug-likeness (QED) is 0.275. The zero-order valence-electron chi connectivity index (χ0n) is 21.4. The van der Waals surface area contributed by atoms with Gasteiger partial charge in [-0.2, -0.15) is 5.26 Å². The van der Waals surface area contributed by atoms with Crippen molar-refractivity contribution in [3.8, 4) is 6.07 Å². The molecule has 1 aliphatic rings. The van der Waals surface area contributed by atoms with Crippen LogP contribution in [0.25, 0.3) is 11.7 Å². The Hall–Kier alpha value is -3.96. The number of nitrogens with zero attached hydrogens (tertiary/aromatic N) is 4. The molecule has 0 saturated carbocycles. The van der Waals surface area contributed by atoms with Crippen LogP contribution in [0.4, 0.5) is 5.82 Å². The number of nitrogens with one attached hydrogen (secondary N) is 1. The SMILES string of the molecule is COCCCNC(=O)/C(C#N)=C/c1c(N2CCC(Cc3ccccc3)CC2)nc2c(C)cccn2c1=O. The molecule has 1 aromatic carbocycles. The second kappa shape index (κ2) is 12.3. The van der Waals surface area contributed by atoms with Crippen molar-refractivity contribution < 1.29 is 9.53 Å². The molecule has 8 nitrogen and oxygen atoms in total. The Balaban J connectivity index is 1.64. The molecule has 1 saturated heterocycles. The van der Waals surface area contributed by atoms with Crippen LogP contribution in [0.2, 0.25) is 0 Å². The van der Waals surface area contributed by atoms with Crippen molar-refractivity contribution in [2.45, 2.75) is 32.6 Å². The molecule has 1 fully saturated rings. The molecule has 0 spiro atoms. The van der Waals surface area contributed by atoms with E-state index in [1.165, 1.54) is 16.0 Å². The molecule has 0 atom stereocenters. The van der Waals surface area contributed by atoms with Gasteiger partial charge in [-0.25, -0.2) is 4.98 Å². The third kappa shape index (κ3) is 6.25. The monoisotopic (exact) mass is 499 g/mol. The first kappa shape index (κ1) is 26.1. The highest BCUT2D eigenvalue weighted by Crippen LogP contribution is 2.27. The molecule has 4 rings (SSSR count). The summed E-state index contributed by atoms with van der Waals surface area (Å²) in [5, 5.41) is 12.5. The maximum absolute atomic E-state index is 13.6. The minimum atomic E-state index is -0.514. The van der Waals surface area contributed by atoms with Gasteiger partial charge in [-0.1, -0.05) is 36.4 Å². The van der Waals surface area contributed by atoms with Crippen LogP contribution in [0, 0.1) is 24.2 Å². The molecule has 0 unspecified atom stereocenters. The van der Waals surface area contributed by atoms with Gasteiger partial charge >= 0.3 is 0 Å². The lowest BCUT2D eigenvalue weighted by Crippen LogP contribution is -2.37. The van der Waals surface area contributed by atoms with Crippen LogP contribution in [0.1, 0.15) is 36.0 Å². The summed E-state index contributed by atoms with van der Waals surface area (Å²) in [6.07, 6.45) is 6.65. The van der Waals surface area contributed by atoms with Gasteiger partial charge in [-0.3, -0.25) is 14.0 Å². The van der Waals surface area contributed by atoms with E-state index in [1.807, 2.05) is 25.1 Å². The molecule has 3 heterocycles. The lowest BCUT2D eigenvalue weighted by atomic mass is 9.90. The van der Waals surface area contributed by atoms with E-state index in [1.54, 1.807) is 19.4 Å². The Bertz CT molecular complexity index is 1370. The summed E-state index contributed by atoms with van der Waals surface area (Å²) in [5.74, 6) is 0.561.